The number of halogens is 1. The normalized spacial score (nSPS) is 23.5. The Labute approximate surface area is 199 Å². The summed E-state index contributed by atoms with van der Waals surface area (Å²) in [6.45, 7) is 6.75. The lowest BCUT2D eigenvalue weighted by Crippen LogP contribution is -2.44. The van der Waals surface area contributed by atoms with Crippen LogP contribution in [0.1, 0.15) is 37.9 Å². The maximum Gasteiger partial charge on any atom is 0.250 e. The number of hydrogen-bond acceptors (Lipinski definition) is 6. The Morgan fingerprint density at radius 2 is 1.91 bits per heavy atom. The second-order valence-corrected chi connectivity index (χ2v) is 9.63. The molecule has 34 heavy (non-hydrogen) atoms. The van der Waals surface area contributed by atoms with Gasteiger partial charge in [0.1, 0.15) is 5.69 Å². The number of nitrogens with zero attached hydrogens (tertiary/aromatic N) is 6. The van der Waals surface area contributed by atoms with Crippen molar-refractivity contribution in [2.45, 2.75) is 58.2 Å². The Morgan fingerprint density at radius 1 is 1.15 bits per heavy atom. The first-order valence-electron chi connectivity index (χ1n) is 12.1. The summed E-state index contributed by atoms with van der Waals surface area (Å²) in [5.74, 6) is 0.0833. The van der Waals surface area contributed by atoms with E-state index in [1.54, 1.807) is 6.20 Å². The molecule has 0 radical (unpaired) electrons. The van der Waals surface area contributed by atoms with Crippen molar-refractivity contribution in [2.75, 3.05) is 27.4 Å². The molecule has 2 aliphatic rings. The largest absolute Gasteiger partial charge is 0.479 e. The molecular formula is C25H33FN6O2. The molecule has 3 aromatic heterocycles. The van der Waals surface area contributed by atoms with Crippen molar-refractivity contribution in [3.05, 3.63) is 41.7 Å². The predicted octanol–water partition coefficient (Wildman–Crippen LogP) is 3.51. The fourth-order valence-electron chi connectivity index (χ4n) is 5.40. The summed E-state index contributed by atoms with van der Waals surface area (Å²) < 4.78 is 29.1. The monoisotopic (exact) mass is 468 g/mol. The smallest absolute Gasteiger partial charge is 0.250 e. The van der Waals surface area contributed by atoms with Gasteiger partial charge in [-0.2, -0.15) is 10.2 Å². The first-order valence-corrected chi connectivity index (χ1v) is 12.1. The number of hydrogen-bond donors (Lipinski definition) is 0. The lowest BCUT2D eigenvalue weighted by atomic mass is 9.87. The second-order valence-electron chi connectivity index (χ2n) is 9.63. The van der Waals surface area contributed by atoms with Gasteiger partial charge in [-0.25, -0.2) is 14.1 Å². The number of piperidine rings is 1. The van der Waals surface area contributed by atoms with Crippen LogP contribution in [0, 0.1) is 11.7 Å². The molecule has 0 amide bonds. The molecule has 5 rings (SSSR count). The zero-order valence-electron chi connectivity index (χ0n) is 20.4. The van der Waals surface area contributed by atoms with Crippen molar-refractivity contribution in [1.29, 1.82) is 0 Å². The lowest BCUT2D eigenvalue weighted by molar-refractivity contribution is 0.0892. The van der Waals surface area contributed by atoms with Crippen LogP contribution in [0.25, 0.3) is 16.9 Å². The van der Waals surface area contributed by atoms with E-state index in [1.165, 1.54) is 26.0 Å². The van der Waals surface area contributed by atoms with Gasteiger partial charge >= 0.3 is 0 Å². The average molecular weight is 469 g/mol. The molecule has 1 saturated heterocycles. The number of fused-ring (bicyclic) bond motifs is 1. The molecule has 9 heteroatoms. The second kappa shape index (κ2) is 9.46. The minimum absolute atomic E-state index is 0.0172. The van der Waals surface area contributed by atoms with E-state index in [4.69, 9.17) is 14.6 Å². The Kier molecular flexibility index (Phi) is 6.40. The summed E-state index contributed by atoms with van der Waals surface area (Å²) in [4.78, 5) is 6.58. The highest BCUT2D eigenvalue weighted by atomic mass is 19.1. The first-order chi connectivity index (χ1) is 16.4. The Bertz CT molecular complexity index is 1150. The molecule has 3 atom stereocenters. The molecule has 0 bridgehead atoms. The summed E-state index contributed by atoms with van der Waals surface area (Å²) in [6, 6.07) is 2.59. The number of pyridine rings is 1. The molecule has 1 unspecified atom stereocenters. The maximum atomic E-state index is 14.4. The highest BCUT2D eigenvalue weighted by Gasteiger charge is 2.29. The van der Waals surface area contributed by atoms with Gasteiger partial charge in [0.05, 0.1) is 44.1 Å². The lowest BCUT2D eigenvalue weighted by Gasteiger charge is -2.40. The summed E-state index contributed by atoms with van der Waals surface area (Å²) in [5.41, 5.74) is 4.46. The molecule has 8 nitrogen and oxygen atoms in total. The van der Waals surface area contributed by atoms with Crippen LogP contribution >= 0.6 is 0 Å². The number of likely N-dealkylation sites (tertiary alicyclic amines) is 1. The van der Waals surface area contributed by atoms with E-state index in [-0.39, 0.29) is 5.88 Å². The van der Waals surface area contributed by atoms with E-state index in [2.05, 4.69) is 42.1 Å². The van der Waals surface area contributed by atoms with E-state index in [1.807, 2.05) is 15.6 Å². The predicted molar refractivity (Wildman–Crippen MR) is 127 cm³/mol. The fourth-order valence-corrected chi connectivity index (χ4v) is 5.40. The molecule has 0 saturated carbocycles. The zero-order chi connectivity index (χ0) is 23.8. The van der Waals surface area contributed by atoms with Crippen LogP contribution in [0.2, 0.25) is 0 Å². The molecule has 0 aromatic carbocycles. The van der Waals surface area contributed by atoms with E-state index in [0.29, 0.717) is 36.8 Å². The molecule has 5 heterocycles. The molecule has 0 spiro atoms. The molecule has 0 aliphatic carbocycles. The fraction of sp³-hybridized carbons (Fsp3) is 0.560. The third kappa shape index (κ3) is 4.34. The SMILES string of the molecule is COc1ncc(-c2nn(-c3cnn(CC4C[C@@H](C)N(C)[C@@H](C)C4)c3)c3c2CCOCC3)cc1F. The van der Waals surface area contributed by atoms with Crippen LogP contribution in [0.15, 0.2) is 24.7 Å². The van der Waals surface area contributed by atoms with Gasteiger partial charge in [-0.1, -0.05) is 0 Å². The minimum atomic E-state index is -0.498. The van der Waals surface area contributed by atoms with Crippen molar-refractivity contribution in [1.82, 2.24) is 29.4 Å². The van der Waals surface area contributed by atoms with Gasteiger partial charge in [0.15, 0.2) is 5.82 Å². The van der Waals surface area contributed by atoms with Crippen LogP contribution in [0.3, 0.4) is 0 Å². The highest BCUT2D eigenvalue weighted by Crippen LogP contribution is 2.32. The molecule has 3 aromatic rings. The summed E-state index contributed by atoms with van der Waals surface area (Å²) in [5, 5.41) is 9.59. The van der Waals surface area contributed by atoms with Crippen LogP contribution in [0.5, 0.6) is 5.88 Å². The molecule has 1 fully saturated rings. The molecular weight excluding hydrogens is 435 g/mol. The van der Waals surface area contributed by atoms with Crippen molar-refractivity contribution in [3.63, 3.8) is 0 Å². The van der Waals surface area contributed by atoms with E-state index in [9.17, 15) is 4.39 Å². The van der Waals surface area contributed by atoms with E-state index < -0.39 is 5.82 Å². The van der Waals surface area contributed by atoms with Gasteiger partial charge in [-0.3, -0.25) is 4.68 Å². The van der Waals surface area contributed by atoms with E-state index in [0.717, 1.165) is 42.0 Å². The van der Waals surface area contributed by atoms with Gasteiger partial charge in [0.2, 0.25) is 5.88 Å². The number of ether oxygens (including phenoxy) is 2. The highest BCUT2D eigenvalue weighted by molar-refractivity contribution is 5.65. The third-order valence-corrected chi connectivity index (χ3v) is 7.39. The van der Waals surface area contributed by atoms with Crippen molar-refractivity contribution in [3.8, 4) is 22.8 Å². The van der Waals surface area contributed by atoms with E-state index >= 15 is 0 Å². The van der Waals surface area contributed by atoms with Gasteiger partial charge in [0, 0.05) is 42.4 Å². The molecule has 2 aliphatic heterocycles. The Hall–Kier alpha value is -2.78. The zero-order valence-corrected chi connectivity index (χ0v) is 20.4. The van der Waals surface area contributed by atoms with Gasteiger partial charge in [-0.05, 0) is 52.1 Å². The van der Waals surface area contributed by atoms with Gasteiger partial charge in [-0.15, -0.1) is 0 Å². The van der Waals surface area contributed by atoms with Crippen LogP contribution in [-0.2, 0) is 24.1 Å². The quantitative estimate of drug-likeness (QED) is 0.571. The third-order valence-electron chi connectivity index (χ3n) is 7.39. The van der Waals surface area contributed by atoms with Crippen LogP contribution in [-0.4, -0.2) is 68.9 Å². The Morgan fingerprint density at radius 3 is 2.65 bits per heavy atom. The topological polar surface area (TPSA) is 70.2 Å². The minimum Gasteiger partial charge on any atom is -0.479 e. The first kappa shape index (κ1) is 23.0. The summed E-state index contributed by atoms with van der Waals surface area (Å²) in [6.07, 6.45) is 9.37. The number of rotatable bonds is 5. The van der Waals surface area contributed by atoms with Crippen LogP contribution < -0.4 is 4.74 Å². The van der Waals surface area contributed by atoms with Gasteiger partial charge < -0.3 is 14.4 Å². The van der Waals surface area contributed by atoms with Crippen molar-refractivity contribution < 1.29 is 13.9 Å². The van der Waals surface area contributed by atoms with Crippen molar-refractivity contribution >= 4 is 0 Å². The summed E-state index contributed by atoms with van der Waals surface area (Å²) in [7, 11) is 3.63. The maximum absolute atomic E-state index is 14.4. The molecule has 182 valence electrons. The van der Waals surface area contributed by atoms with Gasteiger partial charge in [0.25, 0.3) is 0 Å². The standard InChI is InChI=1S/C25H33FN6O2/c1-16-9-18(10-17(2)30(16)3)14-31-15-20(13-28-31)32-23-6-8-34-7-5-21(23)24(29-32)19-11-22(26)25(33-4)27-12-19/h11-13,15-18H,5-10,14H2,1-4H3/t16-,17+,18?. The number of methoxy groups -OCH3 is 1. The number of aromatic nitrogens is 5. The summed E-state index contributed by atoms with van der Waals surface area (Å²) >= 11 is 0. The average Bonchev–Trinajstić information content (AvgIpc) is 3.34. The Balaban J connectivity index is 1.45. The van der Waals surface area contributed by atoms with Crippen molar-refractivity contribution in [2.24, 2.45) is 5.92 Å². The molecule has 0 N–H and O–H groups in total. The van der Waals surface area contributed by atoms with Crippen LogP contribution in [0.4, 0.5) is 4.39 Å².